The summed E-state index contributed by atoms with van der Waals surface area (Å²) in [4.78, 5) is 11.1. The van der Waals surface area contributed by atoms with Gasteiger partial charge >= 0.3 is 13.1 Å². The van der Waals surface area contributed by atoms with Crippen LogP contribution in [0.1, 0.15) is 11.1 Å². The summed E-state index contributed by atoms with van der Waals surface area (Å²) in [7, 11) is -0.300. The minimum Gasteiger partial charge on any atom is -0.469 e. The fourth-order valence-corrected chi connectivity index (χ4v) is 1.50. The van der Waals surface area contributed by atoms with Crippen molar-refractivity contribution in [1.82, 2.24) is 0 Å². The van der Waals surface area contributed by atoms with Crippen molar-refractivity contribution in [1.29, 1.82) is 0 Å². The van der Waals surface area contributed by atoms with Crippen molar-refractivity contribution in [2.45, 2.75) is 13.3 Å². The molecule has 86 valence electrons. The Morgan fingerprint density at radius 3 is 2.62 bits per heavy atom. The maximum Gasteiger partial charge on any atom is 0.488 e. The van der Waals surface area contributed by atoms with Gasteiger partial charge in [-0.2, -0.15) is 0 Å². The third-order valence-electron chi connectivity index (χ3n) is 2.42. The largest absolute Gasteiger partial charge is 0.488 e. The summed E-state index contributed by atoms with van der Waals surface area (Å²) >= 11 is 0. The lowest BCUT2D eigenvalue weighted by Crippen LogP contribution is -2.33. The first-order valence-corrected chi connectivity index (χ1v) is 4.77. The van der Waals surface area contributed by atoms with Crippen LogP contribution in [0.25, 0.3) is 0 Å². The topological polar surface area (TPSA) is 92.8 Å². The number of hydrogen-bond acceptors (Lipinski definition) is 5. The molecule has 0 bridgehead atoms. The van der Waals surface area contributed by atoms with Crippen LogP contribution in [0.5, 0.6) is 0 Å². The van der Waals surface area contributed by atoms with Gasteiger partial charge in [-0.05, 0) is 35.6 Å². The molecule has 4 N–H and O–H groups in total. The Morgan fingerprint density at radius 2 is 2.12 bits per heavy atom. The van der Waals surface area contributed by atoms with Crippen LogP contribution in [0.2, 0.25) is 0 Å². The Morgan fingerprint density at radius 1 is 1.50 bits per heavy atom. The highest BCUT2D eigenvalue weighted by Gasteiger charge is 2.18. The highest BCUT2D eigenvalue weighted by molar-refractivity contribution is 6.59. The molecule has 0 atom stereocenters. The molecule has 0 aromatic heterocycles. The number of methoxy groups -OCH3 is 1. The quantitative estimate of drug-likeness (QED) is 0.346. The number of nitrogens with two attached hydrogens (primary N) is 1. The minimum atomic E-state index is -1.60. The molecule has 0 aliphatic carbocycles. The average molecular weight is 223 g/mol. The molecule has 16 heavy (non-hydrogen) atoms. The summed E-state index contributed by atoms with van der Waals surface area (Å²) in [5, 5.41) is 18.3. The van der Waals surface area contributed by atoms with Crippen LogP contribution in [-0.2, 0) is 16.0 Å². The lowest BCUT2D eigenvalue weighted by Gasteiger charge is -2.11. The average Bonchev–Trinajstić information content (AvgIpc) is 2.22. The Labute approximate surface area is 94.0 Å². The van der Waals surface area contributed by atoms with Gasteiger partial charge in [0.2, 0.25) is 0 Å². The van der Waals surface area contributed by atoms with Crippen molar-refractivity contribution < 1.29 is 19.6 Å². The lowest BCUT2D eigenvalue weighted by molar-refractivity contribution is -0.139. The highest BCUT2D eigenvalue weighted by atomic mass is 16.5. The van der Waals surface area contributed by atoms with Gasteiger partial charge < -0.3 is 20.5 Å². The van der Waals surface area contributed by atoms with Gasteiger partial charge in [-0.3, -0.25) is 4.79 Å². The monoisotopic (exact) mass is 223 g/mol. The number of hydrogen-bond donors (Lipinski definition) is 3. The standard InChI is InChI=1S/C10H14BNO4/c1-6-7(4-10(13)16-2)3-8(12)5-9(6)11(14)15/h3,5,14-15H,4,12H2,1-2H3. The molecule has 0 saturated heterocycles. The van der Waals surface area contributed by atoms with E-state index in [0.717, 1.165) is 0 Å². The van der Waals surface area contributed by atoms with Gasteiger partial charge in [0.15, 0.2) is 0 Å². The van der Waals surface area contributed by atoms with Crippen LogP contribution in [0.15, 0.2) is 12.1 Å². The van der Waals surface area contributed by atoms with Crippen LogP contribution in [0.3, 0.4) is 0 Å². The summed E-state index contributed by atoms with van der Waals surface area (Å²) in [6, 6.07) is 3.10. The van der Waals surface area contributed by atoms with E-state index in [9.17, 15) is 4.79 Å². The Balaban J connectivity index is 3.14. The number of nitrogen functional groups attached to an aromatic ring is 1. The van der Waals surface area contributed by atoms with Crippen LogP contribution in [0.4, 0.5) is 5.69 Å². The zero-order chi connectivity index (χ0) is 12.3. The summed E-state index contributed by atoms with van der Waals surface area (Å²) in [5.41, 5.74) is 7.56. The van der Waals surface area contributed by atoms with E-state index in [-0.39, 0.29) is 6.42 Å². The van der Waals surface area contributed by atoms with Gasteiger partial charge in [0, 0.05) is 5.69 Å². The maximum absolute atomic E-state index is 11.1. The fraction of sp³-hybridized carbons (Fsp3) is 0.300. The maximum atomic E-state index is 11.1. The van der Waals surface area contributed by atoms with E-state index < -0.39 is 13.1 Å². The predicted molar refractivity (Wildman–Crippen MR) is 61.1 cm³/mol. The summed E-state index contributed by atoms with van der Waals surface area (Å²) in [6.07, 6.45) is 0.0626. The van der Waals surface area contributed by atoms with E-state index >= 15 is 0 Å². The fourth-order valence-electron chi connectivity index (χ4n) is 1.50. The third kappa shape index (κ3) is 2.74. The number of benzene rings is 1. The molecule has 1 aromatic rings. The molecule has 1 rings (SSSR count). The number of carbonyl (C=O) groups excluding carboxylic acids is 1. The van der Waals surface area contributed by atoms with Gasteiger partial charge in [0.25, 0.3) is 0 Å². The van der Waals surface area contributed by atoms with Crippen molar-refractivity contribution in [2.75, 3.05) is 12.8 Å². The second-order valence-electron chi connectivity index (χ2n) is 3.52. The predicted octanol–water partition coefficient (Wildman–Crippen LogP) is -1.03. The van der Waals surface area contributed by atoms with Gasteiger partial charge in [-0.1, -0.05) is 0 Å². The molecule has 0 heterocycles. The van der Waals surface area contributed by atoms with Crippen LogP contribution < -0.4 is 11.2 Å². The normalized spacial score (nSPS) is 10.0. The van der Waals surface area contributed by atoms with E-state index in [1.54, 1.807) is 13.0 Å². The van der Waals surface area contributed by atoms with Gasteiger partial charge in [0.05, 0.1) is 13.5 Å². The number of ether oxygens (including phenoxy) is 1. The Kier molecular flexibility index (Phi) is 3.92. The molecule has 0 aliphatic rings. The number of rotatable bonds is 3. The number of carbonyl (C=O) groups is 1. The molecule has 6 heteroatoms. The molecule has 5 nitrogen and oxygen atoms in total. The van der Waals surface area contributed by atoms with E-state index in [1.807, 2.05) is 0 Å². The molecule has 0 radical (unpaired) electrons. The van der Waals surface area contributed by atoms with E-state index in [2.05, 4.69) is 4.74 Å². The summed E-state index contributed by atoms with van der Waals surface area (Å²) in [6.45, 7) is 1.70. The van der Waals surface area contributed by atoms with Crippen LogP contribution in [0, 0.1) is 6.92 Å². The van der Waals surface area contributed by atoms with Crippen LogP contribution in [-0.4, -0.2) is 30.2 Å². The zero-order valence-corrected chi connectivity index (χ0v) is 9.23. The smallest absolute Gasteiger partial charge is 0.469 e. The first kappa shape index (κ1) is 12.5. The van der Waals surface area contributed by atoms with E-state index in [1.165, 1.54) is 13.2 Å². The second-order valence-corrected chi connectivity index (χ2v) is 3.52. The SMILES string of the molecule is COC(=O)Cc1cc(N)cc(B(O)O)c1C. The van der Waals surface area contributed by atoms with Crippen molar-refractivity contribution in [2.24, 2.45) is 0 Å². The highest BCUT2D eigenvalue weighted by Crippen LogP contribution is 2.12. The minimum absolute atomic E-state index is 0.0626. The molecule has 1 aromatic carbocycles. The van der Waals surface area contributed by atoms with Crippen LogP contribution >= 0.6 is 0 Å². The molecule has 0 fully saturated rings. The first-order chi connectivity index (χ1) is 7.45. The first-order valence-electron chi connectivity index (χ1n) is 4.77. The van der Waals surface area contributed by atoms with E-state index in [4.69, 9.17) is 15.8 Å². The Hall–Kier alpha value is -1.53. The summed E-state index contributed by atoms with van der Waals surface area (Å²) in [5.74, 6) is -0.396. The van der Waals surface area contributed by atoms with Crippen molar-refractivity contribution in [3.05, 3.63) is 23.3 Å². The zero-order valence-electron chi connectivity index (χ0n) is 9.23. The number of anilines is 1. The molecule has 0 unspecified atom stereocenters. The lowest BCUT2D eigenvalue weighted by atomic mass is 9.75. The third-order valence-corrected chi connectivity index (χ3v) is 2.42. The molecule has 0 aliphatic heterocycles. The van der Waals surface area contributed by atoms with Crippen molar-refractivity contribution in [3.8, 4) is 0 Å². The molecule has 0 saturated carbocycles. The van der Waals surface area contributed by atoms with Crippen molar-refractivity contribution >= 4 is 24.2 Å². The van der Waals surface area contributed by atoms with Gasteiger partial charge in [0.1, 0.15) is 0 Å². The number of esters is 1. The van der Waals surface area contributed by atoms with Crippen molar-refractivity contribution in [3.63, 3.8) is 0 Å². The molecular formula is C10H14BNO4. The molecular weight excluding hydrogens is 209 g/mol. The summed E-state index contributed by atoms with van der Waals surface area (Å²) < 4.78 is 4.54. The Bertz CT molecular complexity index is 406. The second kappa shape index (κ2) is 5.00. The molecule has 0 amide bonds. The van der Waals surface area contributed by atoms with Gasteiger partial charge in [-0.25, -0.2) is 0 Å². The van der Waals surface area contributed by atoms with E-state index in [0.29, 0.717) is 22.3 Å². The van der Waals surface area contributed by atoms with Gasteiger partial charge in [-0.15, -0.1) is 0 Å². The molecule has 0 spiro atoms.